The van der Waals surface area contributed by atoms with E-state index in [-0.39, 0.29) is 0 Å². The Bertz CT molecular complexity index is 145. The zero-order valence-electron chi connectivity index (χ0n) is 10.2. The van der Waals surface area contributed by atoms with Crippen LogP contribution in [0.4, 0.5) is 0 Å². The number of nitrogens with one attached hydrogen (secondary N) is 1. The van der Waals surface area contributed by atoms with E-state index in [1.54, 1.807) is 0 Å². The van der Waals surface area contributed by atoms with Crippen molar-refractivity contribution < 1.29 is 0 Å². The Morgan fingerprint density at radius 2 is 2.07 bits per heavy atom. The SMILES string of the molecule is C=CCN(C)C(C)C(C)CNCCC. The van der Waals surface area contributed by atoms with Crippen LogP contribution in [0.25, 0.3) is 0 Å². The molecule has 2 atom stereocenters. The van der Waals surface area contributed by atoms with Gasteiger partial charge in [-0.3, -0.25) is 4.90 Å². The molecule has 0 bridgehead atoms. The van der Waals surface area contributed by atoms with Crippen molar-refractivity contribution >= 4 is 0 Å². The fourth-order valence-corrected chi connectivity index (χ4v) is 1.48. The van der Waals surface area contributed by atoms with E-state index in [0.29, 0.717) is 12.0 Å². The van der Waals surface area contributed by atoms with Gasteiger partial charge in [-0.1, -0.05) is 19.9 Å². The monoisotopic (exact) mass is 198 g/mol. The molecule has 0 rings (SSSR count). The van der Waals surface area contributed by atoms with E-state index in [1.807, 2.05) is 6.08 Å². The maximum atomic E-state index is 3.76. The van der Waals surface area contributed by atoms with E-state index in [4.69, 9.17) is 0 Å². The molecule has 0 spiro atoms. The summed E-state index contributed by atoms with van der Waals surface area (Å²) in [4.78, 5) is 2.34. The first-order valence-corrected chi connectivity index (χ1v) is 5.65. The van der Waals surface area contributed by atoms with Crippen LogP contribution in [-0.4, -0.2) is 37.6 Å². The van der Waals surface area contributed by atoms with Crippen LogP contribution in [0.3, 0.4) is 0 Å². The van der Waals surface area contributed by atoms with Gasteiger partial charge in [0.05, 0.1) is 0 Å². The lowest BCUT2D eigenvalue weighted by atomic mass is 10.0. The maximum Gasteiger partial charge on any atom is 0.0160 e. The summed E-state index contributed by atoms with van der Waals surface area (Å²) in [6.07, 6.45) is 3.17. The number of rotatable bonds is 8. The zero-order valence-corrected chi connectivity index (χ0v) is 10.2. The van der Waals surface area contributed by atoms with Crippen molar-refractivity contribution in [3.8, 4) is 0 Å². The molecule has 2 nitrogen and oxygen atoms in total. The van der Waals surface area contributed by atoms with E-state index in [9.17, 15) is 0 Å². The molecule has 0 aliphatic heterocycles. The molecular formula is C12H26N2. The Morgan fingerprint density at radius 3 is 2.57 bits per heavy atom. The highest BCUT2D eigenvalue weighted by atomic mass is 15.1. The van der Waals surface area contributed by atoms with Gasteiger partial charge in [0.2, 0.25) is 0 Å². The molecule has 2 heteroatoms. The number of hydrogen-bond acceptors (Lipinski definition) is 2. The van der Waals surface area contributed by atoms with Gasteiger partial charge in [-0.05, 0) is 39.4 Å². The normalized spacial score (nSPS) is 15.5. The van der Waals surface area contributed by atoms with Crippen LogP contribution in [0, 0.1) is 5.92 Å². The third-order valence-electron chi connectivity index (χ3n) is 2.83. The second kappa shape index (κ2) is 8.01. The quantitative estimate of drug-likeness (QED) is 0.475. The summed E-state index contributed by atoms with van der Waals surface area (Å²) in [7, 11) is 2.16. The fourth-order valence-electron chi connectivity index (χ4n) is 1.48. The number of likely N-dealkylation sites (N-methyl/N-ethyl adjacent to an activating group) is 1. The van der Waals surface area contributed by atoms with Crippen LogP contribution in [0.15, 0.2) is 12.7 Å². The molecule has 0 amide bonds. The molecule has 0 aliphatic carbocycles. The summed E-state index contributed by atoms with van der Waals surface area (Å²) in [5.74, 6) is 0.687. The Kier molecular flexibility index (Phi) is 7.81. The summed E-state index contributed by atoms with van der Waals surface area (Å²) >= 11 is 0. The van der Waals surface area contributed by atoms with E-state index in [2.05, 4.69) is 44.6 Å². The van der Waals surface area contributed by atoms with E-state index in [1.165, 1.54) is 6.42 Å². The average molecular weight is 198 g/mol. The molecule has 0 aliphatic rings. The molecule has 0 aromatic rings. The molecule has 2 unspecified atom stereocenters. The minimum atomic E-state index is 0.609. The van der Waals surface area contributed by atoms with E-state index < -0.39 is 0 Å². The van der Waals surface area contributed by atoms with E-state index in [0.717, 1.165) is 19.6 Å². The molecule has 84 valence electrons. The van der Waals surface area contributed by atoms with Crippen molar-refractivity contribution in [2.24, 2.45) is 5.92 Å². The number of hydrogen-bond donors (Lipinski definition) is 1. The predicted octanol–water partition coefficient (Wildman–Crippen LogP) is 2.13. The molecule has 1 N–H and O–H groups in total. The van der Waals surface area contributed by atoms with Gasteiger partial charge in [-0.15, -0.1) is 6.58 Å². The molecule has 14 heavy (non-hydrogen) atoms. The lowest BCUT2D eigenvalue weighted by Gasteiger charge is -2.29. The van der Waals surface area contributed by atoms with Crippen molar-refractivity contribution in [2.75, 3.05) is 26.7 Å². The second-order valence-corrected chi connectivity index (χ2v) is 4.15. The largest absolute Gasteiger partial charge is 0.316 e. The molecule has 0 aromatic carbocycles. The Balaban J connectivity index is 3.73. The summed E-state index contributed by atoms with van der Waals surface area (Å²) in [5.41, 5.74) is 0. The van der Waals surface area contributed by atoms with Crippen LogP contribution >= 0.6 is 0 Å². The molecule has 0 radical (unpaired) electrons. The summed E-state index contributed by atoms with van der Waals surface area (Å²) in [5, 5.41) is 3.46. The summed E-state index contributed by atoms with van der Waals surface area (Å²) in [6, 6.07) is 0.609. The first kappa shape index (κ1) is 13.7. The van der Waals surface area contributed by atoms with Crippen LogP contribution in [0.5, 0.6) is 0 Å². The smallest absolute Gasteiger partial charge is 0.0160 e. The Hall–Kier alpha value is -0.340. The number of nitrogens with zero attached hydrogens (tertiary/aromatic N) is 1. The minimum Gasteiger partial charge on any atom is -0.316 e. The van der Waals surface area contributed by atoms with Crippen molar-refractivity contribution in [1.82, 2.24) is 10.2 Å². The molecule has 0 saturated heterocycles. The van der Waals surface area contributed by atoms with Gasteiger partial charge in [-0.2, -0.15) is 0 Å². The van der Waals surface area contributed by atoms with Crippen molar-refractivity contribution in [1.29, 1.82) is 0 Å². The Morgan fingerprint density at radius 1 is 1.43 bits per heavy atom. The standard InChI is InChI=1S/C12H26N2/c1-6-8-13-10-11(3)12(4)14(5)9-7-2/h7,11-13H,2,6,8-10H2,1,3-5H3. The van der Waals surface area contributed by atoms with Crippen LogP contribution in [0.1, 0.15) is 27.2 Å². The average Bonchev–Trinajstić information content (AvgIpc) is 2.17. The highest BCUT2D eigenvalue weighted by Crippen LogP contribution is 2.07. The van der Waals surface area contributed by atoms with Gasteiger partial charge in [0, 0.05) is 12.6 Å². The molecule has 0 saturated carbocycles. The van der Waals surface area contributed by atoms with Gasteiger partial charge in [0.15, 0.2) is 0 Å². The molecule has 0 fully saturated rings. The first-order chi connectivity index (χ1) is 6.63. The van der Waals surface area contributed by atoms with Crippen molar-refractivity contribution in [3.63, 3.8) is 0 Å². The van der Waals surface area contributed by atoms with Gasteiger partial charge in [0.25, 0.3) is 0 Å². The lowest BCUT2D eigenvalue weighted by Crippen LogP contribution is -2.39. The Labute approximate surface area is 89.4 Å². The highest BCUT2D eigenvalue weighted by Gasteiger charge is 2.15. The van der Waals surface area contributed by atoms with E-state index >= 15 is 0 Å². The predicted molar refractivity (Wildman–Crippen MR) is 64.6 cm³/mol. The topological polar surface area (TPSA) is 15.3 Å². The van der Waals surface area contributed by atoms with Crippen molar-refractivity contribution in [3.05, 3.63) is 12.7 Å². The highest BCUT2D eigenvalue weighted by molar-refractivity contribution is 4.78. The second-order valence-electron chi connectivity index (χ2n) is 4.15. The van der Waals surface area contributed by atoms with Gasteiger partial charge >= 0.3 is 0 Å². The molecule has 0 heterocycles. The lowest BCUT2D eigenvalue weighted by molar-refractivity contribution is 0.214. The maximum absolute atomic E-state index is 3.76. The summed E-state index contributed by atoms with van der Waals surface area (Å²) in [6.45, 7) is 13.7. The van der Waals surface area contributed by atoms with Gasteiger partial charge in [0.1, 0.15) is 0 Å². The van der Waals surface area contributed by atoms with Gasteiger partial charge in [-0.25, -0.2) is 0 Å². The van der Waals surface area contributed by atoms with Crippen LogP contribution in [-0.2, 0) is 0 Å². The zero-order chi connectivity index (χ0) is 11.0. The van der Waals surface area contributed by atoms with Gasteiger partial charge < -0.3 is 5.32 Å². The van der Waals surface area contributed by atoms with Crippen LogP contribution < -0.4 is 5.32 Å². The first-order valence-electron chi connectivity index (χ1n) is 5.65. The van der Waals surface area contributed by atoms with Crippen molar-refractivity contribution in [2.45, 2.75) is 33.2 Å². The summed E-state index contributed by atoms with van der Waals surface area (Å²) < 4.78 is 0. The minimum absolute atomic E-state index is 0.609. The third kappa shape index (κ3) is 5.40. The molecule has 0 aromatic heterocycles. The fraction of sp³-hybridized carbons (Fsp3) is 0.833. The van der Waals surface area contributed by atoms with Crippen LogP contribution in [0.2, 0.25) is 0 Å². The molecular weight excluding hydrogens is 172 g/mol. The third-order valence-corrected chi connectivity index (χ3v) is 2.83.